The van der Waals surface area contributed by atoms with Crippen LogP contribution in [0.3, 0.4) is 0 Å². The minimum atomic E-state index is -4.24. The Kier molecular flexibility index (Phi) is 4.30. The Labute approximate surface area is 119 Å². The average molecular weight is 294 g/mol. The molecule has 0 atom stereocenters. The predicted molar refractivity (Wildman–Crippen MR) is 78.0 cm³/mol. The summed E-state index contributed by atoms with van der Waals surface area (Å²) in [5, 5.41) is 0. The lowest BCUT2D eigenvalue weighted by Gasteiger charge is -2.07. The molecule has 0 amide bonds. The monoisotopic (exact) mass is 294 g/mol. The fourth-order valence-corrected chi connectivity index (χ4v) is 3.13. The van der Waals surface area contributed by atoms with Crippen molar-refractivity contribution in [1.82, 2.24) is 0 Å². The van der Waals surface area contributed by atoms with Crippen molar-refractivity contribution in [3.63, 3.8) is 0 Å². The molecule has 5 heteroatoms. The van der Waals surface area contributed by atoms with Crippen LogP contribution in [0.4, 0.5) is 0 Å². The molecule has 0 aromatic carbocycles. The molecule has 2 rings (SSSR count). The molecule has 0 saturated heterocycles. The molecule has 4 nitrogen and oxygen atoms in total. The van der Waals surface area contributed by atoms with Crippen LogP contribution in [-0.4, -0.2) is 20.1 Å². The zero-order chi connectivity index (χ0) is 14.8. The summed E-state index contributed by atoms with van der Waals surface area (Å²) in [5.41, 5.74) is 2.15. The van der Waals surface area contributed by atoms with Crippen LogP contribution in [0.25, 0.3) is 11.1 Å². The third kappa shape index (κ3) is 2.78. The van der Waals surface area contributed by atoms with Gasteiger partial charge in [0.1, 0.15) is 10.6 Å². The number of rotatable bonds is 5. The number of hydrogen-bond donors (Lipinski definition) is 1. The highest BCUT2D eigenvalue weighted by Gasteiger charge is 2.25. The Morgan fingerprint density at radius 2 is 1.95 bits per heavy atom. The second-order valence-electron chi connectivity index (χ2n) is 4.69. The van der Waals surface area contributed by atoms with Crippen LogP contribution in [0.2, 0.25) is 0 Å². The van der Waals surface area contributed by atoms with Gasteiger partial charge in [0.2, 0.25) is 0 Å². The molecular formula is C15H18O4S. The summed E-state index contributed by atoms with van der Waals surface area (Å²) in [6, 6.07) is 8.57. The van der Waals surface area contributed by atoms with Gasteiger partial charge in [-0.3, -0.25) is 4.55 Å². The summed E-state index contributed by atoms with van der Waals surface area (Å²) in [7, 11) is -2.69. The molecule has 0 heterocycles. The molecule has 0 saturated carbocycles. The number of aryl methyl sites for hydroxylation is 1. The normalized spacial score (nSPS) is 11.8. The summed E-state index contributed by atoms with van der Waals surface area (Å²) in [5.74, 6) is 0.617. The molecule has 0 spiro atoms. The zero-order valence-electron chi connectivity index (χ0n) is 11.6. The van der Waals surface area contributed by atoms with E-state index in [0.717, 1.165) is 30.4 Å². The van der Waals surface area contributed by atoms with E-state index in [1.165, 1.54) is 0 Å². The molecule has 0 unspecified atom stereocenters. The Bertz CT molecular complexity index is 677. The zero-order valence-corrected chi connectivity index (χ0v) is 12.4. The van der Waals surface area contributed by atoms with Gasteiger partial charge in [-0.15, -0.1) is 0 Å². The summed E-state index contributed by atoms with van der Waals surface area (Å²) in [4.78, 5) is -0.0481. The van der Waals surface area contributed by atoms with Crippen molar-refractivity contribution in [3.05, 3.63) is 35.9 Å². The van der Waals surface area contributed by atoms with Crippen molar-refractivity contribution in [2.24, 2.45) is 0 Å². The number of fused-ring (bicyclic) bond motifs is 1. The van der Waals surface area contributed by atoms with Crippen LogP contribution in [0.1, 0.15) is 25.3 Å². The third-order valence-electron chi connectivity index (χ3n) is 3.33. The number of methoxy groups -OCH3 is 1. The van der Waals surface area contributed by atoms with Crippen molar-refractivity contribution in [2.45, 2.75) is 31.1 Å². The van der Waals surface area contributed by atoms with Crippen molar-refractivity contribution in [3.8, 4) is 16.9 Å². The van der Waals surface area contributed by atoms with Crippen molar-refractivity contribution in [1.29, 1.82) is 0 Å². The van der Waals surface area contributed by atoms with E-state index in [9.17, 15) is 13.0 Å². The van der Waals surface area contributed by atoms with Gasteiger partial charge >= 0.3 is 0 Å². The first-order chi connectivity index (χ1) is 9.49. The quantitative estimate of drug-likeness (QED) is 0.859. The lowest BCUT2D eigenvalue weighted by Crippen LogP contribution is -1.97. The Morgan fingerprint density at radius 3 is 2.55 bits per heavy atom. The summed E-state index contributed by atoms with van der Waals surface area (Å²) < 4.78 is 37.9. The van der Waals surface area contributed by atoms with Gasteiger partial charge in [-0.25, -0.2) is 0 Å². The van der Waals surface area contributed by atoms with E-state index in [-0.39, 0.29) is 4.90 Å². The molecule has 0 aromatic heterocycles. The molecule has 0 aromatic rings. The van der Waals surface area contributed by atoms with E-state index in [1.54, 1.807) is 37.4 Å². The molecule has 1 N–H and O–H groups in total. The van der Waals surface area contributed by atoms with E-state index in [4.69, 9.17) is 4.74 Å². The van der Waals surface area contributed by atoms with Crippen LogP contribution in [-0.2, 0) is 16.5 Å². The molecule has 0 fully saturated rings. The first-order valence-electron chi connectivity index (χ1n) is 6.55. The maximum atomic E-state index is 11.6. The van der Waals surface area contributed by atoms with E-state index in [2.05, 4.69) is 6.92 Å². The van der Waals surface area contributed by atoms with Crippen LogP contribution < -0.4 is 4.74 Å². The third-order valence-corrected chi connectivity index (χ3v) is 4.22. The van der Waals surface area contributed by atoms with Crippen molar-refractivity contribution in [2.75, 3.05) is 7.11 Å². The number of ether oxygens (including phenoxy) is 1. The second-order valence-corrected chi connectivity index (χ2v) is 6.08. The highest BCUT2D eigenvalue weighted by Crippen LogP contribution is 2.41. The standard InChI is InChI=1S/C15H18O4S/c1-3-4-7-11-10-14(20(16,17)18)12-8-5-6-9-13(19-2)15(11)12/h5-6,8-10H,3-4,7H2,1-2H3,(H,16,17,18). The van der Waals surface area contributed by atoms with Gasteiger partial charge in [-0.05, 0) is 30.5 Å². The molecule has 0 bridgehead atoms. The topological polar surface area (TPSA) is 63.6 Å². The van der Waals surface area contributed by atoms with Gasteiger partial charge in [0.05, 0.1) is 7.11 Å². The smallest absolute Gasteiger partial charge is 0.295 e. The summed E-state index contributed by atoms with van der Waals surface area (Å²) >= 11 is 0. The number of hydrogen-bond acceptors (Lipinski definition) is 3. The van der Waals surface area contributed by atoms with Gasteiger partial charge in [0.25, 0.3) is 10.1 Å². The first kappa shape index (κ1) is 14.8. The highest BCUT2D eigenvalue weighted by atomic mass is 32.2. The molecule has 108 valence electrons. The van der Waals surface area contributed by atoms with Crippen LogP contribution in [0, 0.1) is 0 Å². The van der Waals surface area contributed by atoms with Crippen LogP contribution in [0.5, 0.6) is 5.75 Å². The second kappa shape index (κ2) is 5.81. The van der Waals surface area contributed by atoms with E-state index < -0.39 is 10.1 Å². The molecular weight excluding hydrogens is 276 g/mol. The van der Waals surface area contributed by atoms with E-state index in [1.807, 2.05) is 0 Å². The maximum absolute atomic E-state index is 11.6. The maximum Gasteiger partial charge on any atom is 0.295 e. The van der Waals surface area contributed by atoms with Crippen LogP contribution >= 0.6 is 0 Å². The Morgan fingerprint density at radius 1 is 1.25 bits per heavy atom. The Balaban J connectivity index is 2.72. The molecule has 0 radical (unpaired) electrons. The van der Waals surface area contributed by atoms with Gasteiger partial charge < -0.3 is 4.74 Å². The molecule has 2 aliphatic carbocycles. The SMILES string of the molecule is CCCCc1cc(S(=O)(=O)O)c2ccccc(OC)c1-2. The average Bonchev–Trinajstić information content (AvgIpc) is 2.62. The van der Waals surface area contributed by atoms with Crippen LogP contribution in [0.15, 0.2) is 35.2 Å². The fraction of sp³-hybridized carbons (Fsp3) is 0.333. The molecule has 2 aliphatic rings. The predicted octanol–water partition coefficient (Wildman–Crippen LogP) is 3.39. The van der Waals surface area contributed by atoms with Crippen molar-refractivity contribution < 1.29 is 17.7 Å². The number of unbranched alkanes of at least 4 members (excludes halogenated alkanes) is 1. The van der Waals surface area contributed by atoms with Crippen molar-refractivity contribution >= 4 is 10.1 Å². The van der Waals surface area contributed by atoms with Gasteiger partial charge in [0.15, 0.2) is 0 Å². The summed E-state index contributed by atoms with van der Waals surface area (Å²) in [6.45, 7) is 2.08. The van der Waals surface area contributed by atoms with Gasteiger partial charge in [0, 0.05) is 11.1 Å². The van der Waals surface area contributed by atoms with E-state index >= 15 is 0 Å². The lowest BCUT2D eigenvalue weighted by atomic mass is 10.0. The van der Waals surface area contributed by atoms with E-state index in [0.29, 0.717) is 11.3 Å². The lowest BCUT2D eigenvalue weighted by molar-refractivity contribution is 0.416. The largest absolute Gasteiger partial charge is 0.496 e. The van der Waals surface area contributed by atoms with Gasteiger partial charge in [-0.1, -0.05) is 31.5 Å². The van der Waals surface area contributed by atoms with Gasteiger partial charge in [-0.2, -0.15) is 8.42 Å². The first-order valence-corrected chi connectivity index (χ1v) is 7.99. The minimum absolute atomic E-state index is 0.0481. The minimum Gasteiger partial charge on any atom is -0.496 e. The Hall–Kier alpha value is -1.59. The molecule has 20 heavy (non-hydrogen) atoms. The molecule has 0 aliphatic heterocycles. The fourth-order valence-electron chi connectivity index (χ4n) is 2.39. The summed E-state index contributed by atoms with van der Waals surface area (Å²) in [6.07, 6.45) is 2.71. The highest BCUT2D eigenvalue weighted by molar-refractivity contribution is 7.86.